The number of hydrogen-bond acceptors (Lipinski definition) is 2. The van der Waals surface area contributed by atoms with Crippen molar-refractivity contribution in [3.8, 4) is 0 Å². The molecule has 19 heavy (non-hydrogen) atoms. The lowest BCUT2D eigenvalue weighted by Gasteiger charge is -2.15. The number of nitrogen functional groups attached to an aromatic ring is 1. The molecule has 0 heterocycles. The van der Waals surface area contributed by atoms with Crippen molar-refractivity contribution in [2.45, 2.75) is 13.0 Å². The normalized spacial score (nSPS) is 11.9. The number of halogens is 1. The Bertz CT molecular complexity index is 598. The van der Waals surface area contributed by atoms with Gasteiger partial charge in [-0.1, -0.05) is 30.3 Å². The first-order valence-electron chi connectivity index (χ1n) is 5.99. The molecular formula is C15H15FN2O. The molecule has 1 atom stereocenters. The first-order chi connectivity index (χ1) is 9.09. The topological polar surface area (TPSA) is 55.1 Å². The highest BCUT2D eigenvalue weighted by atomic mass is 19.1. The number of rotatable bonds is 3. The number of nitrogens with two attached hydrogens (primary N) is 1. The van der Waals surface area contributed by atoms with Crippen LogP contribution in [-0.4, -0.2) is 5.91 Å². The molecule has 2 aromatic carbocycles. The first-order valence-corrected chi connectivity index (χ1v) is 5.99. The van der Waals surface area contributed by atoms with Crippen molar-refractivity contribution in [1.82, 2.24) is 5.32 Å². The number of hydrogen-bond donors (Lipinski definition) is 2. The summed E-state index contributed by atoms with van der Waals surface area (Å²) in [7, 11) is 0. The third-order valence-electron chi connectivity index (χ3n) is 2.92. The molecule has 0 saturated carbocycles. The second kappa shape index (κ2) is 5.52. The summed E-state index contributed by atoms with van der Waals surface area (Å²) in [6.07, 6.45) is 0. The van der Waals surface area contributed by atoms with E-state index < -0.39 is 6.04 Å². The van der Waals surface area contributed by atoms with Crippen LogP contribution < -0.4 is 11.1 Å². The molecule has 1 amide bonds. The van der Waals surface area contributed by atoms with E-state index in [0.717, 1.165) is 0 Å². The zero-order valence-electron chi connectivity index (χ0n) is 10.6. The van der Waals surface area contributed by atoms with E-state index in [4.69, 9.17) is 5.73 Å². The zero-order valence-corrected chi connectivity index (χ0v) is 10.6. The third kappa shape index (κ3) is 2.91. The van der Waals surface area contributed by atoms with Gasteiger partial charge in [0.1, 0.15) is 5.82 Å². The fourth-order valence-electron chi connectivity index (χ4n) is 1.88. The average molecular weight is 258 g/mol. The summed E-state index contributed by atoms with van der Waals surface area (Å²) < 4.78 is 13.6. The lowest BCUT2D eigenvalue weighted by atomic mass is 10.1. The van der Waals surface area contributed by atoms with E-state index in [2.05, 4.69) is 5.32 Å². The van der Waals surface area contributed by atoms with Crippen LogP contribution in [0, 0.1) is 5.82 Å². The van der Waals surface area contributed by atoms with Gasteiger partial charge >= 0.3 is 0 Å². The SMILES string of the molecule is CC(NC(=O)c1ccccc1N)c1ccccc1F. The fourth-order valence-corrected chi connectivity index (χ4v) is 1.88. The van der Waals surface area contributed by atoms with Crippen molar-refractivity contribution in [1.29, 1.82) is 0 Å². The van der Waals surface area contributed by atoms with Gasteiger partial charge < -0.3 is 11.1 Å². The van der Waals surface area contributed by atoms with Gasteiger partial charge in [0.2, 0.25) is 0 Å². The number of carbonyl (C=O) groups is 1. The Hall–Kier alpha value is -2.36. The van der Waals surface area contributed by atoms with E-state index in [-0.39, 0.29) is 11.7 Å². The van der Waals surface area contributed by atoms with Crippen LogP contribution in [0.4, 0.5) is 10.1 Å². The van der Waals surface area contributed by atoms with Gasteiger partial charge in [-0.3, -0.25) is 4.79 Å². The molecule has 1 unspecified atom stereocenters. The summed E-state index contributed by atoms with van der Waals surface area (Å²) in [4.78, 5) is 12.0. The van der Waals surface area contributed by atoms with Crippen LogP contribution in [0.2, 0.25) is 0 Å². The Labute approximate surface area is 111 Å². The fraction of sp³-hybridized carbons (Fsp3) is 0.133. The van der Waals surface area contributed by atoms with Crippen LogP contribution in [0.15, 0.2) is 48.5 Å². The highest BCUT2D eigenvalue weighted by Gasteiger charge is 2.15. The van der Waals surface area contributed by atoms with Crippen molar-refractivity contribution in [2.75, 3.05) is 5.73 Å². The molecule has 2 aromatic rings. The van der Waals surface area contributed by atoms with Crippen LogP contribution >= 0.6 is 0 Å². The predicted molar refractivity (Wildman–Crippen MR) is 73.1 cm³/mol. The number of carbonyl (C=O) groups excluding carboxylic acids is 1. The molecule has 0 saturated heterocycles. The Morgan fingerprint density at radius 3 is 2.47 bits per heavy atom. The molecule has 3 N–H and O–H groups in total. The Kier molecular flexibility index (Phi) is 3.80. The molecule has 98 valence electrons. The quantitative estimate of drug-likeness (QED) is 0.832. The summed E-state index contributed by atoms with van der Waals surface area (Å²) in [5.41, 5.74) is 6.98. The summed E-state index contributed by atoms with van der Waals surface area (Å²) in [5, 5.41) is 2.74. The zero-order chi connectivity index (χ0) is 13.8. The van der Waals surface area contributed by atoms with Gasteiger partial charge in [0, 0.05) is 11.3 Å². The highest BCUT2D eigenvalue weighted by molar-refractivity contribution is 5.99. The molecule has 0 aliphatic heterocycles. The number of benzene rings is 2. The van der Waals surface area contributed by atoms with Crippen molar-refractivity contribution >= 4 is 11.6 Å². The summed E-state index contributed by atoms with van der Waals surface area (Å²) in [6, 6.07) is 12.7. The average Bonchev–Trinajstić information content (AvgIpc) is 2.39. The minimum atomic E-state index is -0.423. The second-order valence-corrected chi connectivity index (χ2v) is 4.30. The largest absolute Gasteiger partial charge is 0.398 e. The Morgan fingerprint density at radius 1 is 1.16 bits per heavy atom. The van der Waals surface area contributed by atoms with Crippen molar-refractivity contribution in [3.05, 3.63) is 65.5 Å². The number of para-hydroxylation sites is 1. The number of nitrogens with one attached hydrogen (secondary N) is 1. The number of amides is 1. The van der Waals surface area contributed by atoms with Gasteiger partial charge in [0.05, 0.1) is 11.6 Å². The van der Waals surface area contributed by atoms with Gasteiger partial charge in [0.25, 0.3) is 5.91 Å². The van der Waals surface area contributed by atoms with E-state index in [1.165, 1.54) is 6.07 Å². The smallest absolute Gasteiger partial charge is 0.253 e. The maximum absolute atomic E-state index is 13.6. The van der Waals surface area contributed by atoms with E-state index in [0.29, 0.717) is 16.8 Å². The van der Waals surface area contributed by atoms with Crippen molar-refractivity contribution < 1.29 is 9.18 Å². The lowest BCUT2D eigenvalue weighted by Crippen LogP contribution is -2.27. The van der Waals surface area contributed by atoms with Crippen LogP contribution in [0.5, 0.6) is 0 Å². The molecule has 0 aliphatic rings. The van der Waals surface area contributed by atoms with Crippen molar-refractivity contribution in [3.63, 3.8) is 0 Å². The number of anilines is 1. The molecule has 4 heteroatoms. The lowest BCUT2D eigenvalue weighted by molar-refractivity contribution is 0.0940. The summed E-state index contributed by atoms with van der Waals surface area (Å²) >= 11 is 0. The molecule has 0 aromatic heterocycles. The van der Waals surface area contributed by atoms with Crippen LogP contribution in [0.3, 0.4) is 0 Å². The Morgan fingerprint density at radius 2 is 1.79 bits per heavy atom. The van der Waals surface area contributed by atoms with Gasteiger partial charge in [-0.05, 0) is 25.1 Å². The van der Waals surface area contributed by atoms with Gasteiger partial charge in [0.15, 0.2) is 0 Å². The highest BCUT2D eigenvalue weighted by Crippen LogP contribution is 2.18. The van der Waals surface area contributed by atoms with E-state index in [1.807, 2.05) is 0 Å². The standard InChI is InChI=1S/C15H15FN2O/c1-10(11-6-2-4-8-13(11)16)18-15(19)12-7-3-5-9-14(12)17/h2-10H,17H2,1H3,(H,18,19). The second-order valence-electron chi connectivity index (χ2n) is 4.30. The van der Waals surface area contributed by atoms with Gasteiger partial charge in [-0.25, -0.2) is 4.39 Å². The van der Waals surface area contributed by atoms with E-state index >= 15 is 0 Å². The first kappa shape index (κ1) is 13.1. The van der Waals surface area contributed by atoms with Crippen molar-refractivity contribution in [2.24, 2.45) is 0 Å². The molecule has 0 bridgehead atoms. The molecule has 0 spiro atoms. The van der Waals surface area contributed by atoms with Gasteiger partial charge in [-0.2, -0.15) is 0 Å². The van der Waals surface area contributed by atoms with E-state index in [1.54, 1.807) is 49.4 Å². The Balaban J connectivity index is 2.16. The van der Waals surface area contributed by atoms with E-state index in [9.17, 15) is 9.18 Å². The van der Waals surface area contributed by atoms with Gasteiger partial charge in [-0.15, -0.1) is 0 Å². The van der Waals surface area contributed by atoms with Crippen LogP contribution in [0.25, 0.3) is 0 Å². The summed E-state index contributed by atoms with van der Waals surface area (Å²) in [6.45, 7) is 1.73. The maximum Gasteiger partial charge on any atom is 0.253 e. The molecule has 3 nitrogen and oxygen atoms in total. The third-order valence-corrected chi connectivity index (χ3v) is 2.92. The molecule has 0 fully saturated rings. The monoisotopic (exact) mass is 258 g/mol. The van der Waals surface area contributed by atoms with Crippen LogP contribution in [0.1, 0.15) is 28.9 Å². The maximum atomic E-state index is 13.6. The van der Waals surface area contributed by atoms with Crippen LogP contribution in [-0.2, 0) is 0 Å². The molecule has 0 radical (unpaired) electrons. The molecular weight excluding hydrogens is 243 g/mol. The predicted octanol–water partition coefficient (Wildman–Crippen LogP) is 2.90. The molecule has 0 aliphatic carbocycles. The molecule has 2 rings (SSSR count). The minimum Gasteiger partial charge on any atom is -0.398 e. The minimum absolute atomic E-state index is 0.311. The summed E-state index contributed by atoms with van der Waals surface area (Å²) in [5.74, 6) is -0.648.